The first-order valence-corrected chi connectivity index (χ1v) is 4.20. The van der Waals surface area contributed by atoms with Gasteiger partial charge in [-0.2, -0.15) is 0 Å². The number of amides is 1. The molecule has 3 nitrogen and oxygen atoms in total. The van der Waals surface area contributed by atoms with Crippen LogP contribution in [-0.4, -0.2) is 17.9 Å². The molecule has 1 amide bonds. The van der Waals surface area contributed by atoms with Crippen LogP contribution in [0.2, 0.25) is 0 Å². The number of aryl methyl sites for hydroxylation is 2. The fourth-order valence-corrected chi connectivity index (χ4v) is 0.954. The summed E-state index contributed by atoms with van der Waals surface area (Å²) >= 11 is 0. The van der Waals surface area contributed by atoms with Gasteiger partial charge in [0.05, 0.1) is 0 Å². The molecule has 0 fully saturated rings. The summed E-state index contributed by atoms with van der Waals surface area (Å²) < 4.78 is 0. The summed E-state index contributed by atoms with van der Waals surface area (Å²) in [4.78, 5) is 16.7. The number of anilines is 1. The van der Waals surface area contributed by atoms with Crippen molar-refractivity contribution in [1.29, 1.82) is 0 Å². The topological polar surface area (TPSA) is 33.2 Å². The lowest BCUT2D eigenvalue weighted by molar-refractivity contribution is -0.116. The predicted octanol–water partition coefficient (Wildman–Crippen LogP) is 1.68. The normalized spacial score (nSPS) is 9.85. The Morgan fingerprint density at radius 3 is 2.46 bits per heavy atom. The van der Waals surface area contributed by atoms with Gasteiger partial charge in [-0.3, -0.25) is 4.79 Å². The molecule has 0 saturated heterocycles. The number of carbonyl (C=O) groups is 1. The second-order valence-electron chi connectivity index (χ2n) is 3.20. The molecule has 1 aromatic heterocycles. The molecule has 1 rings (SSSR count). The minimum absolute atomic E-state index is 0.00393. The summed E-state index contributed by atoms with van der Waals surface area (Å²) in [5.74, 6) is 0.700. The zero-order chi connectivity index (χ0) is 10.0. The van der Waals surface area contributed by atoms with Gasteiger partial charge in [0, 0.05) is 20.2 Å². The van der Waals surface area contributed by atoms with Gasteiger partial charge in [0.25, 0.3) is 0 Å². The average Bonchev–Trinajstić information content (AvgIpc) is 2.08. The highest BCUT2D eigenvalue weighted by Gasteiger charge is 2.06. The molecule has 3 heteroatoms. The van der Waals surface area contributed by atoms with E-state index in [-0.39, 0.29) is 5.91 Å². The lowest BCUT2D eigenvalue weighted by atomic mass is 10.2. The van der Waals surface area contributed by atoms with E-state index in [0.29, 0.717) is 5.82 Å². The van der Waals surface area contributed by atoms with Gasteiger partial charge in [0.1, 0.15) is 5.82 Å². The summed E-state index contributed by atoms with van der Waals surface area (Å²) in [6.07, 6.45) is 1.78. The van der Waals surface area contributed by atoms with E-state index < -0.39 is 0 Å². The second kappa shape index (κ2) is 3.56. The molecule has 13 heavy (non-hydrogen) atoms. The maximum Gasteiger partial charge on any atom is 0.224 e. The predicted molar refractivity (Wildman–Crippen MR) is 52.8 cm³/mol. The van der Waals surface area contributed by atoms with Crippen molar-refractivity contribution in [2.45, 2.75) is 20.8 Å². The fraction of sp³-hybridized carbons (Fsp3) is 0.400. The van der Waals surface area contributed by atoms with Gasteiger partial charge in [-0.15, -0.1) is 0 Å². The van der Waals surface area contributed by atoms with Gasteiger partial charge in [-0.1, -0.05) is 0 Å². The van der Waals surface area contributed by atoms with E-state index in [1.165, 1.54) is 11.8 Å². The van der Waals surface area contributed by atoms with Gasteiger partial charge >= 0.3 is 0 Å². The minimum atomic E-state index is -0.00393. The number of aromatic nitrogens is 1. The summed E-state index contributed by atoms with van der Waals surface area (Å²) in [5.41, 5.74) is 2.29. The van der Waals surface area contributed by atoms with Gasteiger partial charge in [0.15, 0.2) is 0 Å². The molecule has 1 aromatic rings. The van der Waals surface area contributed by atoms with E-state index >= 15 is 0 Å². The van der Waals surface area contributed by atoms with Crippen LogP contribution in [0.1, 0.15) is 18.1 Å². The first-order valence-electron chi connectivity index (χ1n) is 4.20. The Morgan fingerprint density at radius 2 is 2.00 bits per heavy atom. The first kappa shape index (κ1) is 9.71. The van der Waals surface area contributed by atoms with Crippen molar-refractivity contribution in [2.75, 3.05) is 11.9 Å². The average molecular weight is 178 g/mol. The number of pyridine rings is 1. The third kappa shape index (κ3) is 2.05. The Kier molecular flexibility index (Phi) is 2.66. The summed E-state index contributed by atoms with van der Waals surface area (Å²) in [7, 11) is 1.72. The van der Waals surface area contributed by atoms with E-state index in [4.69, 9.17) is 0 Å². The Balaban J connectivity index is 3.03. The summed E-state index contributed by atoms with van der Waals surface area (Å²) in [6.45, 7) is 5.53. The second-order valence-corrected chi connectivity index (χ2v) is 3.20. The molecular formula is C10H14N2O. The Hall–Kier alpha value is -1.38. The highest BCUT2D eigenvalue weighted by Crippen LogP contribution is 2.13. The highest BCUT2D eigenvalue weighted by molar-refractivity contribution is 5.89. The van der Waals surface area contributed by atoms with Crippen molar-refractivity contribution in [1.82, 2.24) is 4.98 Å². The van der Waals surface area contributed by atoms with Crippen molar-refractivity contribution in [2.24, 2.45) is 0 Å². The van der Waals surface area contributed by atoms with E-state index in [0.717, 1.165) is 11.1 Å². The van der Waals surface area contributed by atoms with Crippen molar-refractivity contribution < 1.29 is 4.79 Å². The molecule has 0 aromatic carbocycles. The lowest BCUT2D eigenvalue weighted by Gasteiger charge is -2.14. The zero-order valence-electron chi connectivity index (χ0n) is 8.46. The number of hydrogen-bond donors (Lipinski definition) is 0. The molecule has 70 valence electrons. The quantitative estimate of drug-likeness (QED) is 0.655. The standard InChI is InChI=1S/C10H14N2O/c1-7-5-10(11-6-8(7)2)12(4)9(3)13/h5-6H,1-4H3. The van der Waals surface area contributed by atoms with Crippen molar-refractivity contribution in [3.8, 4) is 0 Å². The van der Waals surface area contributed by atoms with Crippen LogP contribution in [0.4, 0.5) is 5.82 Å². The molecule has 0 aliphatic heterocycles. The fourth-order valence-electron chi connectivity index (χ4n) is 0.954. The van der Waals surface area contributed by atoms with E-state index in [1.54, 1.807) is 13.2 Å². The SMILES string of the molecule is CC(=O)N(C)c1cc(C)c(C)cn1. The maximum absolute atomic E-state index is 11.0. The molecule has 0 atom stereocenters. The van der Waals surface area contributed by atoms with Gasteiger partial charge < -0.3 is 4.90 Å². The third-order valence-electron chi connectivity index (χ3n) is 2.17. The maximum atomic E-state index is 11.0. The van der Waals surface area contributed by atoms with Crippen LogP contribution in [0.5, 0.6) is 0 Å². The van der Waals surface area contributed by atoms with E-state index in [1.807, 2.05) is 19.9 Å². The lowest BCUT2D eigenvalue weighted by Crippen LogP contribution is -2.23. The molecule has 0 aliphatic rings. The zero-order valence-corrected chi connectivity index (χ0v) is 8.46. The number of rotatable bonds is 1. The Morgan fingerprint density at radius 1 is 1.38 bits per heavy atom. The van der Waals surface area contributed by atoms with E-state index in [9.17, 15) is 4.79 Å². The van der Waals surface area contributed by atoms with Crippen LogP contribution in [0.3, 0.4) is 0 Å². The minimum Gasteiger partial charge on any atom is -0.300 e. The summed E-state index contributed by atoms with van der Waals surface area (Å²) in [6, 6.07) is 1.91. The van der Waals surface area contributed by atoms with E-state index in [2.05, 4.69) is 4.98 Å². The highest BCUT2D eigenvalue weighted by atomic mass is 16.2. The number of hydrogen-bond acceptors (Lipinski definition) is 2. The monoisotopic (exact) mass is 178 g/mol. The summed E-state index contributed by atoms with van der Waals surface area (Å²) in [5, 5.41) is 0. The molecule has 0 saturated carbocycles. The Bertz CT molecular complexity index is 334. The van der Waals surface area contributed by atoms with Crippen molar-refractivity contribution in [3.05, 3.63) is 23.4 Å². The first-order chi connectivity index (χ1) is 6.02. The smallest absolute Gasteiger partial charge is 0.224 e. The van der Waals surface area contributed by atoms with Gasteiger partial charge in [-0.05, 0) is 31.0 Å². The van der Waals surface area contributed by atoms with Crippen LogP contribution in [0, 0.1) is 13.8 Å². The molecule has 1 heterocycles. The van der Waals surface area contributed by atoms with Crippen molar-refractivity contribution in [3.63, 3.8) is 0 Å². The molecule has 0 spiro atoms. The van der Waals surface area contributed by atoms with Crippen molar-refractivity contribution >= 4 is 11.7 Å². The van der Waals surface area contributed by atoms with Crippen LogP contribution >= 0.6 is 0 Å². The molecular weight excluding hydrogens is 164 g/mol. The van der Waals surface area contributed by atoms with Gasteiger partial charge in [0.2, 0.25) is 5.91 Å². The number of nitrogens with zero attached hydrogens (tertiary/aromatic N) is 2. The Labute approximate surface area is 78.4 Å². The third-order valence-corrected chi connectivity index (χ3v) is 2.17. The van der Waals surface area contributed by atoms with Crippen LogP contribution < -0.4 is 4.90 Å². The molecule has 0 aliphatic carbocycles. The van der Waals surface area contributed by atoms with Crippen LogP contribution in [-0.2, 0) is 4.79 Å². The van der Waals surface area contributed by atoms with Gasteiger partial charge in [-0.25, -0.2) is 4.98 Å². The van der Waals surface area contributed by atoms with Crippen LogP contribution in [0.15, 0.2) is 12.3 Å². The molecule has 0 unspecified atom stereocenters. The molecule has 0 N–H and O–H groups in total. The van der Waals surface area contributed by atoms with Crippen LogP contribution in [0.25, 0.3) is 0 Å². The molecule has 0 bridgehead atoms. The largest absolute Gasteiger partial charge is 0.300 e. The molecule has 0 radical (unpaired) electrons. The number of carbonyl (C=O) groups excluding carboxylic acids is 1.